The summed E-state index contributed by atoms with van der Waals surface area (Å²) in [7, 11) is 8.42. The van der Waals surface area contributed by atoms with Crippen molar-refractivity contribution in [3.8, 4) is 0 Å². The summed E-state index contributed by atoms with van der Waals surface area (Å²) in [6.07, 6.45) is 0.877. The van der Waals surface area contributed by atoms with Crippen molar-refractivity contribution in [1.29, 1.82) is 0 Å². The van der Waals surface area contributed by atoms with Gasteiger partial charge in [0.15, 0.2) is 0 Å². The highest BCUT2D eigenvalue weighted by atomic mass is 16.3. The molecule has 0 aromatic carbocycles. The predicted octanol–water partition coefficient (Wildman–Crippen LogP) is 2.27. The highest BCUT2D eigenvalue weighted by Gasteiger charge is 2.42. The van der Waals surface area contributed by atoms with Crippen LogP contribution in [-0.4, -0.2) is 215 Å². The molecule has 1 heterocycles. The van der Waals surface area contributed by atoms with Gasteiger partial charge >= 0.3 is 0 Å². The van der Waals surface area contributed by atoms with Crippen LogP contribution in [0.4, 0.5) is 0 Å². The Morgan fingerprint density at radius 1 is 0.432 bits per heavy atom. The van der Waals surface area contributed by atoms with Crippen LogP contribution in [0.5, 0.6) is 0 Å². The number of nitrogens with one attached hydrogen (secondary N) is 5. The first kappa shape index (κ1) is 73.1. The number of likely N-dealkylation sites (N-methyl/N-ethyl adjacent to an activating group) is 6. The maximum absolute atomic E-state index is 14.8. The lowest BCUT2D eigenvalue weighted by Crippen LogP contribution is -2.62. The van der Waals surface area contributed by atoms with Gasteiger partial charge in [-0.3, -0.25) is 52.7 Å². The molecule has 0 radical (unpaired) electrons. The van der Waals surface area contributed by atoms with E-state index in [-0.39, 0.29) is 62.2 Å². The molecule has 1 saturated heterocycles. The number of carbonyl (C=O) groups excluding carboxylic acids is 11. The number of unbranched alkanes of at least 4 members (excludes halogenated alkanes) is 1. The van der Waals surface area contributed by atoms with E-state index in [1.165, 1.54) is 82.7 Å². The first-order valence-corrected chi connectivity index (χ1v) is 29.2. The molecule has 0 aromatic rings. The molecule has 0 unspecified atom stereocenters. The normalized spacial score (nSPS) is 26.9. The van der Waals surface area contributed by atoms with Gasteiger partial charge in [0.2, 0.25) is 65.0 Å². The molecular weight excluding hydrogens is 1040 g/mol. The second-order valence-electron chi connectivity index (χ2n) is 24.5. The Labute approximate surface area is 483 Å². The molecule has 11 amide bonds. The van der Waals surface area contributed by atoms with Gasteiger partial charge in [0, 0.05) is 42.3 Å². The quantitative estimate of drug-likeness (QED) is 0.138. The smallest absolute Gasteiger partial charge is 0.246 e. The van der Waals surface area contributed by atoms with Crippen molar-refractivity contribution in [2.75, 3.05) is 48.8 Å². The summed E-state index contributed by atoms with van der Waals surface area (Å²) < 4.78 is 0. The summed E-state index contributed by atoms with van der Waals surface area (Å²) in [5.41, 5.74) is 0. The van der Waals surface area contributed by atoms with E-state index in [9.17, 15) is 57.8 Å². The van der Waals surface area contributed by atoms with Crippen molar-refractivity contribution in [1.82, 2.24) is 56.0 Å². The molecule has 11 atom stereocenters. The molecule has 1 aliphatic rings. The Hall–Kier alpha value is -5.87. The standard InChI is InChI=1S/C58H105N11O12/c1-22-24-26-41-56(79)69(21)48(39(15)70)53(76)62-40(25-23-2)55(78)64(16)31-46(71)65(17)42(27-32(3)4)52(75)63-47(36(11)12)58(81)67(19)43(28-33(5)6)50(73)59-37(13)49(72)60-38(14)54(77)68(20)45(30-35(9)10)57(80)66(18)44(29-34(7)8)51(74)61-41/h32-45,47-48,70H,22-31H2,1-21H3,(H,59,73)(H,60,72)(H,61,74)(H,62,76)(H,63,75)/t37-,38+,39+,40-,41-,42-,43-,44-,45-,47-,48-/m0/s1. The van der Waals surface area contributed by atoms with E-state index in [4.69, 9.17) is 0 Å². The van der Waals surface area contributed by atoms with Gasteiger partial charge in [-0.25, -0.2) is 0 Å². The van der Waals surface area contributed by atoms with Crippen molar-refractivity contribution >= 4 is 65.0 Å². The van der Waals surface area contributed by atoms with Gasteiger partial charge in [0.25, 0.3) is 0 Å². The van der Waals surface area contributed by atoms with E-state index >= 15 is 0 Å². The maximum Gasteiger partial charge on any atom is 0.246 e. The summed E-state index contributed by atoms with van der Waals surface area (Å²) >= 11 is 0. The van der Waals surface area contributed by atoms with Gasteiger partial charge in [-0.1, -0.05) is 102 Å². The van der Waals surface area contributed by atoms with E-state index in [2.05, 4.69) is 26.6 Å². The Morgan fingerprint density at radius 2 is 0.840 bits per heavy atom. The van der Waals surface area contributed by atoms with Crippen molar-refractivity contribution < 1.29 is 57.8 Å². The number of hydrogen-bond acceptors (Lipinski definition) is 12. The molecule has 0 aromatic heterocycles. The van der Waals surface area contributed by atoms with Gasteiger partial charge in [-0.2, -0.15) is 0 Å². The zero-order valence-corrected chi connectivity index (χ0v) is 52.9. The number of rotatable bonds is 15. The Kier molecular flexibility index (Phi) is 30.6. The third-order valence-corrected chi connectivity index (χ3v) is 14.9. The van der Waals surface area contributed by atoms with Gasteiger partial charge < -0.3 is 61.1 Å². The lowest BCUT2D eigenvalue weighted by molar-refractivity contribution is -0.150. The van der Waals surface area contributed by atoms with Gasteiger partial charge in [0.1, 0.15) is 60.4 Å². The molecule has 6 N–H and O–H groups in total. The van der Waals surface area contributed by atoms with Crippen molar-refractivity contribution in [2.45, 2.75) is 228 Å². The predicted molar refractivity (Wildman–Crippen MR) is 310 cm³/mol. The largest absolute Gasteiger partial charge is 0.391 e. The molecule has 23 heteroatoms. The number of aliphatic hydroxyl groups excluding tert-OH is 1. The lowest BCUT2D eigenvalue weighted by Gasteiger charge is -2.37. The Morgan fingerprint density at radius 3 is 1.30 bits per heavy atom. The summed E-state index contributed by atoms with van der Waals surface area (Å²) in [6, 6.07) is -12.1. The van der Waals surface area contributed by atoms with Gasteiger partial charge in [0.05, 0.1) is 12.6 Å². The SMILES string of the molecule is CCCC[C@@H]1NC(=O)[C@H](CC(C)C)N(C)C(=O)[C@H](CC(C)C)N(C)C(=O)[C@@H](C)NC(=O)[C@H](C)NC(=O)[C@H](CC(C)C)N(C)C(=O)[C@H](C(C)C)NC(=O)[C@H](CC(C)C)N(C)C(=O)CN(C)C(=O)[C@H](CCC)NC(=O)[C@H]([C@@H](C)O)N(C)C1=O. The Balaban J connectivity index is 4.17. The zero-order valence-electron chi connectivity index (χ0n) is 52.9. The van der Waals surface area contributed by atoms with Crippen molar-refractivity contribution in [3.63, 3.8) is 0 Å². The molecule has 0 saturated carbocycles. The van der Waals surface area contributed by atoms with Crippen LogP contribution in [0.2, 0.25) is 0 Å². The van der Waals surface area contributed by atoms with Crippen LogP contribution in [0, 0.1) is 29.6 Å². The lowest BCUT2D eigenvalue weighted by atomic mass is 9.97. The fraction of sp³-hybridized carbons (Fsp3) is 0.810. The zero-order chi connectivity index (χ0) is 62.7. The van der Waals surface area contributed by atoms with Crippen molar-refractivity contribution in [3.05, 3.63) is 0 Å². The summed E-state index contributed by atoms with van der Waals surface area (Å²) in [4.78, 5) is 165. The molecule has 0 spiro atoms. The molecule has 1 fully saturated rings. The monoisotopic (exact) mass is 1150 g/mol. The van der Waals surface area contributed by atoms with Crippen molar-refractivity contribution in [2.24, 2.45) is 29.6 Å². The molecule has 1 aliphatic heterocycles. The average Bonchev–Trinajstić information content (AvgIpc) is 3.37. The first-order valence-electron chi connectivity index (χ1n) is 29.2. The van der Waals surface area contributed by atoms with Crippen LogP contribution in [0.1, 0.15) is 162 Å². The highest BCUT2D eigenvalue weighted by Crippen LogP contribution is 2.22. The molecular formula is C58H105N11O12. The van der Waals surface area contributed by atoms with Gasteiger partial charge in [-0.05, 0) is 88.9 Å². The van der Waals surface area contributed by atoms with E-state index in [1.54, 1.807) is 20.8 Å². The van der Waals surface area contributed by atoms with Crippen LogP contribution in [-0.2, 0) is 52.7 Å². The number of amides is 11. The topological polar surface area (TPSA) is 288 Å². The molecule has 23 nitrogen and oxygen atoms in total. The summed E-state index contributed by atoms with van der Waals surface area (Å²) in [5, 5.41) is 24.9. The second kappa shape index (κ2) is 33.9. The molecule has 1 rings (SSSR count). The third-order valence-electron chi connectivity index (χ3n) is 14.9. The first-order chi connectivity index (χ1) is 37.5. The minimum Gasteiger partial charge on any atom is -0.391 e. The number of aliphatic hydroxyl groups is 1. The second-order valence-corrected chi connectivity index (χ2v) is 24.5. The van der Waals surface area contributed by atoms with E-state index in [0.717, 1.165) is 9.80 Å². The number of nitrogens with zero attached hydrogens (tertiary/aromatic N) is 6. The highest BCUT2D eigenvalue weighted by molar-refractivity contribution is 5.99. The minimum absolute atomic E-state index is 0.105. The van der Waals surface area contributed by atoms with Crippen LogP contribution < -0.4 is 26.6 Å². The van der Waals surface area contributed by atoms with Crippen LogP contribution >= 0.6 is 0 Å². The molecule has 0 bridgehead atoms. The molecule has 81 heavy (non-hydrogen) atoms. The van der Waals surface area contributed by atoms with E-state index in [1.807, 2.05) is 62.3 Å². The third kappa shape index (κ3) is 21.8. The average molecular weight is 1150 g/mol. The number of hydrogen-bond donors (Lipinski definition) is 6. The molecule has 464 valence electrons. The van der Waals surface area contributed by atoms with Crippen LogP contribution in [0.15, 0.2) is 0 Å². The van der Waals surface area contributed by atoms with Crippen LogP contribution in [0.3, 0.4) is 0 Å². The number of carbonyl (C=O) groups is 11. The van der Waals surface area contributed by atoms with Gasteiger partial charge in [-0.15, -0.1) is 0 Å². The fourth-order valence-corrected chi connectivity index (χ4v) is 9.96. The maximum atomic E-state index is 14.8. The fourth-order valence-electron chi connectivity index (χ4n) is 9.96. The molecule has 0 aliphatic carbocycles. The minimum atomic E-state index is -1.56. The van der Waals surface area contributed by atoms with E-state index < -0.39 is 144 Å². The summed E-state index contributed by atoms with van der Waals surface area (Å²) in [5.74, 6) is -8.49. The van der Waals surface area contributed by atoms with E-state index in [0.29, 0.717) is 19.3 Å². The summed E-state index contributed by atoms with van der Waals surface area (Å²) in [6.45, 7) is 25.7. The Bertz CT molecular complexity index is 2150. The van der Waals surface area contributed by atoms with Crippen LogP contribution in [0.25, 0.3) is 0 Å².